The van der Waals surface area contributed by atoms with Crippen molar-refractivity contribution < 1.29 is 14.4 Å². The molecule has 4 rings (SSSR count). The number of rotatable bonds is 3. The third-order valence-corrected chi connectivity index (χ3v) is 5.50. The average molecular weight is 362 g/mol. The van der Waals surface area contributed by atoms with Gasteiger partial charge in [0.25, 0.3) is 0 Å². The number of nitrogens with zero attached hydrogens (tertiary/aromatic N) is 2. The van der Waals surface area contributed by atoms with Crippen LogP contribution in [0.15, 0.2) is 48.5 Å². The minimum atomic E-state index is -0.310. The SMILES string of the molecule is CC(=O)c1ccc(N2CC(C(=O)N3CCc4ccccc4C3)CC2=O)cc1. The van der Waals surface area contributed by atoms with Crippen LogP contribution in [-0.2, 0) is 22.6 Å². The standard InChI is InChI=1S/C22H22N2O3/c1-15(25)16-6-8-20(9-7-16)24-14-19(12-21(24)26)22(27)23-11-10-17-4-2-3-5-18(17)13-23/h2-9,19H,10-14H2,1H3. The highest BCUT2D eigenvalue weighted by atomic mass is 16.2. The van der Waals surface area contributed by atoms with Crippen molar-refractivity contribution in [2.75, 3.05) is 18.0 Å². The van der Waals surface area contributed by atoms with Crippen LogP contribution >= 0.6 is 0 Å². The minimum absolute atomic E-state index is 0.00673. The first kappa shape index (κ1) is 17.5. The van der Waals surface area contributed by atoms with Gasteiger partial charge < -0.3 is 9.80 Å². The Labute approximate surface area is 158 Å². The molecule has 1 fully saturated rings. The maximum absolute atomic E-state index is 13.0. The van der Waals surface area contributed by atoms with Gasteiger partial charge in [0.05, 0.1) is 5.92 Å². The third-order valence-electron chi connectivity index (χ3n) is 5.50. The quantitative estimate of drug-likeness (QED) is 0.789. The second-order valence-electron chi connectivity index (χ2n) is 7.29. The van der Waals surface area contributed by atoms with E-state index in [0.29, 0.717) is 25.2 Å². The summed E-state index contributed by atoms with van der Waals surface area (Å²) >= 11 is 0. The Kier molecular flexibility index (Phi) is 4.52. The summed E-state index contributed by atoms with van der Waals surface area (Å²) in [7, 11) is 0. The number of anilines is 1. The number of fused-ring (bicyclic) bond motifs is 1. The van der Waals surface area contributed by atoms with E-state index in [1.165, 1.54) is 18.1 Å². The molecule has 0 aliphatic carbocycles. The second-order valence-corrected chi connectivity index (χ2v) is 7.29. The molecule has 2 heterocycles. The van der Waals surface area contributed by atoms with Gasteiger partial charge in [-0.15, -0.1) is 0 Å². The minimum Gasteiger partial charge on any atom is -0.338 e. The van der Waals surface area contributed by atoms with Crippen molar-refractivity contribution in [2.45, 2.75) is 26.3 Å². The largest absolute Gasteiger partial charge is 0.338 e. The van der Waals surface area contributed by atoms with E-state index < -0.39 is 0 Å². The first-order valence-electron chi connectivity index (χ1n) is 9.30. The number of hydrogen-bond acceptors (Lipinski definition) is 3. The fourth-order valence-electron chi connectivity index (χ4n) is 3.94. The van der Waals surface area contributed by atoms with Crippen molar-refractivity contribution in [2.24, 2.45) is 5.92 Å². The maximum atomic E-state index is 13.0. The molecule has 2 aliphatic heterocycles. The molecule has 1 saturated heterocycles. The smallest absolute Gasteiger partial charge is 0.228 e. The van der Waals surface area contributed by atoms with Gasteiger partial charge in [-0.3, -0.25) is 14.4 Å². The Morgan fingerprint density at radius 2 is 1.70 bits per heavy atom. The first-order chi connectivity index (χ1) is 13.0. The molecule has 27 heavy (non-hydrogen) atoms. The van der Waals surface area contributed by atoms with E-state index in [1.807, 2.05) is 17.0 Å². The molecule has 2 amide bonds. The molecule has 0 radical (unpaired) electrons. The van der Waals surface area contributed by atoms with Crippen molar-refractivity contribution in [1.29, 1.82) is 0 Å². The molecule has 0 saturated carbocycles. The van der Waals surface area contributed by atoms with Crippen molar-refractivity contribution in [3.63, 3.8) is 0 Å². The number of Topliss-reactive ketones (excluding diaryl/α,β-unsaturated/α-hetero) is 1. The lowest BCUT2D eigenvalue weighted by atomic mass is 9.98. The summed E-state index contributed by atoms with van der Waals surface area (Å²) in [5, 5.41) is 0. The summed E-state index contributed by atoms with van der Waals surface area (Å²) in [6.07, 6.45) is 1.10. The topological polar surface area (TPSA) is 57.7 Å². The van der Waals surface area contributed by atoms with Crippen LogP contribution in [-0.4, -0.2) is 35.6 Å². The average Bonchev–Trinajstić information content (AvgIpc) is 3.08. The molecule has 1 atom stereocenters. The Bertz CT molecular complexity index is 904. The predicted molar refractivity (Wildman–Crippen MR) is 102 cm³/mol. The van der Waals surface area contributed by atoms with Crippen LogP contribution < -0.4 is 4.90 Å². The normalized spacial score (nSPS) is 19.1. The Morgan fingerprint density at radius 1 is 1.00 bits per heavy atom. The van der Waals surface area contributed by atoms with E-state index in [2.05, 4.69) is 12.1 Å². The molecule has 0 bridgehead atoms. The molecule has 0 aromatic heterocycles. The monoisotopic (exact) mass is 362 g/mol. The number of benzene rings is 2. The number of amides is 2. The van der Waals surface area contributed by atoms with Gasteiger partial charge in [0, 0.05) is 37.3 Å². The van der Waals surface area contributed by atoms with Crippen molar-refractivity contribution in [3.05, 3.63) is 65.2 Å². The highest BCUT2D eigenvalue weighted by Crippen LogP contribution is 2.28. The van der Waals surface area contributed by atoms with E-state index in [1.54, 1.807) is 29.2 Å². The molecule has 2 aromatic rings. The lowest BCUT2D eigenvalue weighted by Crippen LogP contribution is -2.40. The van der Waals surface area contributed by atoms with E-state index in [-0.39, 0.29) is 29.9 Å². The molecule has 2 aliphatic rings. The van der Waals surface area contributed by atoms with Gasteiger partial charge in [0.2, 0.25) is 11.8 Å². The maximum Gasteiger partial charge on any atom is 0.228 e. The summed E-state index contributed by atoms with van der Waals surface area (Å²) in [6, 6.07) is 15.2. The van der Waals surface area contributed by atoms with E-state index in [9.17, 15) is 14.4 Å². The van der Waals surface area contributed by atoms with Crippen LogP contribution in [0.4, 0.5) is 5.69 Å². The zero-order chi connectivity index (χ0) is 19.0. The molecule has 1 unspecified atom stereocenters. The van der Waals surface area contributed by atoms with Crippen LogP contribution in [0.1, 0.15) is 34.8 Å². The van der Waals surface area contributed by atoms with Crippen LogP contribution in [0.2, 0.25) is 0 Å². The number of hydrogen-bond donors (Lipinski definition) is 0. The van der Waals surface area contributed by atoms with Gasteiger partial charge in [-0.05, 0) is 48.7 Å². The van der Waals surface area contributed by atoms with Gasteiger partial charge in [-0.1, -0.05) is 24.3 Å². The summed E-state index contributed by atoms with van der Waals surface area (Å²) in [5.41, 5.74) is 3.85. The summed E-state index contributed by atoms with van der Waals surface area (Å²) < 4.78 is 0. The Hall–Kier alpha value is -2.95. The molecule has 0 N–H and O–H groups in total. The molecule has 0 spiro atoms. The van der Waals surface area contributed by atoms with Gasteiger partial charge in [-0.2, -0.15) is 0 Å². The fourth-order valence-corrected chi connectivity index (χ4v) is 3.94. The van der Waals surface area contributed by atoms with Crippen LogP contribution in [0, 0.1) is 5.92 Å². The lowest BCUT2D eigenvalue weighted by molar-refractivity contribution is -0.136. The van der Waals surface area contributed by atoms with Crippen LogP contribution in [0.5, 0.6) is 0 Å². The van der Waals surface area contributed by atoms with Crippen molar-refractivity contribution >= 4 is 23.3 Å². The van der Waals surface area contributed by atoms with Crippen LogP contribution in [0.3, 0.4) is 0 Å². The van der Waals surface area contributed by atoms with E-state index in [0.717, 1.165) is 12.1 Å². The first-order valence-corrected chi connectivity index (χ1v) is 9.30. The van der Waals surface area contributed by atoms with Gasteiger partial charge in [0.1, 0.15) is 0 Å². The molecular weight excluding hydrogens is 340 g/mol. The van der Waals surface area contributed by atoms with Crippen molar-refractivity contribution in [1.82, 2.24) is 4.90 Å². The Morgan fingerprint density at radius 3 is 2.41 bits per heavy atom. The summed E-state index contributed by atoms with van der Waals surface area (Å²) in [4.78, 5) is 40.4. The highest BCUT2D eigenvalue weighted by Gasteiger charge is 2.37. The molecule has 5 nitrogen and oxygen atoms in total. The lowest BCUT2D eigenvalue weighted by Gasteiger charge is -2.30. The van der Waals surface area contributed by atoms with Gasteiger partial charge in [0.15, 0.2) is 5.78 Å². The third kappa shape index (κ3) is 3.37. The van der Waals surface area contributed by atoms with Gasteiger partial charge in [-0.25, -0.2) is 0 Å². The van der Waals surface area contributed by atoms with E-state index in [4.69, 9.17) is 0 Å². The molecule has 2 aromatic carbocycles. The summed E-state index contributed by atoms with van der Waals surface area (Å²) in [5.74, 6) is -0.301. The number of ketones is 1. The Balaban J connectivity index is 1.46. The molecular formula is C22H22N2O3. The number of carbonyl (C=O) groups is 3. The summed E-state index contributed by atoms with van der Waals surface area (Å²) in [6.45, 7) is 3.23. The fraction of sp³-hybridized carbons (Fsp3) is 0.318. The highest BCUT2D eigenvalue weighted by molar-refractivity contribution is 6.01. The van der Waals surface area contributed by atoms with Crippen molar-refractivity contribution in [3.8, 4) is 0 Å². The predicted octanol–water partition coefficient (Wildman–Crippen LogP) is 2.83. The molecule has 5 heteroatoms. The van der Waals surface area contributed by atoms with Crippen LogP contribution in [0.25, 0.3) is 0 Å². The zero-order valence-electron chi connectivity index (χ0n) is 15.4. The number of carbonyl (C=O) groups excluding carboxylic acids is 3. The van der Waals surface area contributed by atoms with Gasteiger partial charge >= 0.3 is 0 Å². The second kappa shape index (κ2) is 6.99. The zero-order valence-corrected chi connectivity index (χ0v) is 15.4. The van der Waals surface area contributed by atoms with E-state index >= 15 is 0 Å². The molecule has 138 valence electrons.